The highest BCUT2D eigenvalue weighted by atomic mass is 19.1. The van der Waals surface area contributed by atoms with Gasteiger partial charge in [0.2, 0.25) is 59.1 Å². The summed E-state index contributed by atoms with van der Waals surface area (Å²) in [5.74, 6) is -14.9. The van der Waals surface area contributed by atoms with Gasteiger partial charge >= 0.3 is 5.97 Å². The number of halogens is 2. The maximum atomic E-state index is 15.2. The van der Waals surface area contributed by atoms with E-state index in [1.165, 1.54) is 105 Å². The number of ketones is 2. The number of carbonyl (C=O) groups is 13. The van der Waals surface area contributed by atoms with E-state index >= 15 is 19.2 Å². The van der Waals surface area contributed by atoms with Crippen molar-refractivity contribution in [3.63, 3.8) is 0 Å². The van der Waals surface area contributed by atoms with E-state index in [-0.39, 0.29) is 91.7 Å². The third kappa shape index (κ3) is 20.3. The molecule has 29 nitrogen and oxygen atoms in total. The molecule has 0 spiro atoms. The van der Waals surface area contributed by atoms with Gasteiger partial charge in [-0.3, -0.25) is 62.3 Å². The molecular weight excluding hydrogens is 1340 g/mol. The normalized spacial score (nSPS) is 23.4. The first-order valence-corrected chi connectivity index (χ1v) is 33.7. The number of aromatic nitrogens is 4. The molecule has 3 aliphatic rings. The Hall–Kier alpha value is -11.7. The molecule has 0 saturated carbocycles. The van der Waals surface area contributed by atoms with Crippen molar-refractivity contribution < 1.29 is 81.3 Å². The fourth-order valence-electron chi connectivity index (χ4n) is 12.8. The summed E-state index contributed by atoms with van der Waals surface area (Å²) >= 11 is 0. The quantitative estimate of drug-likeness (QED) is 0.0778. The standard InChI is InChI=1S/C72H82F2N14O15/c1-38-65(97)79-36-62(93)83-58(27-45-34-78-54-21-16-47(74)31-52(45)54)68(100)84-56(26-44-33-77-53-20-15-46(73)30-51(44)53)61(92)28-43(29-63(94)95)66(98)85-59(32-48-35-76-37-80-48)69(101)86-60(25-42-13-18-50(91)19-14-42)70(102)88-23-5-22-72(88,3)71(103)87-55(64(75)96)7-4-6-49(90)17-12-40-8-10-41(11-9-40)24-57(67(99)81-38)82-39(2)89/h8-11,13-16,18-21,30-31,33-35,37-38,43,55-60,77-78,91H,4-7,12,17,22-29,32,36H2,1-3H3,(H2,75,96)(H,76,80)(H,79,97)(H,81,99)(H,82,89)(H,83,93)(H,84,100)(H,85,98)(H,86,101)(H,87,103)(H,94,95)/t38-,43-,55-,56-,57-,58-,59-,60-,72-/m0/s1. The number of hydrogen-bond donors (Lipinski definition) is 14. The highest BCUT2D eigenvalue weighted by molar-refractivity contribution is 6.01. The van der Waals surface area contributed by atoms with E-state index in [1.807, 2.05) is 0 Å². The average Bonchev–Trinajstić information content (AvgIpc) is 1.68. The van der Waals surface area contributed by atoms with Gasteiger partial charge in [0, 0.05) is 105 Å². The SMILES string of the molecule is CC(=O)N[C@H]1Cc2ccc(cc2)CCC(=O)CCC[C@@H](C(N)=O)NC(=O)[C@]2(C)CCCN2C(=O)[C@H](Cc2ccc(O)cc2)NC(=O)[C@H](Cc2c[nH]cn2)NC(=O)[C@H](CC(=O)O)CC(=O)[C@H](Cc2c[nH]c3ccc(F)cc23)NC(=O)[C@H](Cc2c[nH]c3ccc(F)cc23)NC(=O)CNC(=O)[C@H](C)NC1=O. The Morgan fingerprint density at radius 2 is 1.27 bits per heavy atom. The van der Waals surface area contributed by atoms with Crippen molar-refractivity contribution in [3.05, 3.63) is 155 Å². The smallest absolute Gasteiger partial charge is 0.304 e. The van der Waals surface area contributed by atoms with E-state index in [2.05, 4.69) is 62.5 Å². The van der Waals surface area contributed by atoms with E-state index in [0.717, 1.165) is 11.6 Å². The topological polar surface area (TPSA) is 448 Å². The first kappa shape index (κ1) is 75.5. The van der Waals surface area contributed by atoms with Gasteiger partial charge in [-0.25, -0.2) is 13.8 Å². The number of aromatic hydroxyl groups is 1. The number of fused-ring (bicyclic) bond motifs is 35. The summed E-state index contributed by atoms with van der Waals surface area (Å²) in [7, 11) is 0. The summed E-state index contributed by atoms with van der Waals surface area (Å²) in [6, 6.07) is 9.66. The second-order valence-electron chi connectivity index (χ2n) is 26.3. The predicted octanol–water partition coefficient (Wildman–Crippen LogP) is 2.02. The minimum Gasteiger partial charge on any atom is -0.508 e. The number of benzene rings is 4. The molecule has 10 amide bonds. The van der Waals surface area contributed by atoms with Crippen LogP contribution in [0, 0.1) is 17.6 Å². The number of aryl methyl sites for hydroxylation is 1. The number of H-pyrrole nitrogens is 3. The molecule has 3 aromatic heterocycles. The monoisotopic (exact) mass is 1420 g/mol. The zero-order valence-corrected chi connectivity index (χ0v) is 56.8. The van der Waals surface area contributed by atoms with Gasteiger partial charge in [0.1, 0.15) is 65.0 Å². The van der Waals surface area contributed by atoms with Crippen LogP contribution in [0.25, 0.3) is 21.8 Å². The van der Waals surface area contributed by atoms with Crippen LogP contribution in [-0.2, 0) is 101 Å². The lowest BCUT2D eigenvalue weighted by Gasteiger charge is -2.37. The zero-order valence-electron chi connectivity index (χ0n) is 56.8. The van der Waals surface area contributed by atoms with Crippen LogP contribution in [0.3, 0.4) is 0 Å². The van der Waals surface area contributed by atoms with Crippen LogP contribution in [0.5, 0.6) is 5.75 Å². The van der Waals surface area contributed by atoms with Gasteiger partial charge < -0.3 is 78.3 Å². The van der Waals surface area contributed by atoms with E-state index in [4.69, 9.17) is 5.73 Å². The lowest BCUT2D eigenvalue weighted by atomic mass is 9.91. The molecule has 15 N–H and O–H groups in total. The van der Waals surface area contributed by atoms with Crippen LogP contribution >= 0.6 is 0 Å². The lowest BCUT2D eigenvalue weighted by molar-refractivity contribution is -0.147. The molecule has 4 aromatic carbocycles. The molecule has 0 unspecified atom stereocenters. The van der Waals surface area contributed by atoms with Crippen LogP contribution < -0.4 is 48.3 Å². The van der Waals surface area contributed by atoms with Crippen molar-refractivity contribution in [2.24, 2.45) is 11.7 Å². The molecule has 9 atom stereocenters. The number of Topliss-reactive ketones (excluding diaryl/α,β-unsaturated/α-hetero) is 2. The number of rotatable bonds is 12. The third-order valence-electron chi connectivity index (χ3n) is 18.5. The highest BCUT2D eigenvalue weighted by Gasteiger charge is 2.49. The van der Waals surface area contributed by atoms with Gasteiger partial charge in [-0.05, 0) is 122 Å². The fraction of sp³-hybridized carbons (Fsp3) is 0.389. The number of phenols is 1. The zero-order chi connectivity index (χ0) is 74.2. The summed E-state index contributed by atoms with van der Waals surface area (Å²) in [6.45, 7) is 3.16. The Morgan fingerprint density at radius 1 is 0.660 bits per heavy atom. The number of carbonyl (C=O) groups excluding carboxylic acids is 12. The number of nitrogens with zero attached hydrogens (tertiary/aromatic N) is 2. The van der Waals surface area contributed by atoms with Crippen molar-refractivity contribution in [2.75, 3.05) is 13.1 Å². The Morgan fingerprint density at radius 3 is 1.88 bits per heavy atom. The van der Waals surface area contributed by atoms with Crippen LogP contribution in [0.15, 0.2) is 110 Å². The Labute approximate surface area is 588 Å². The number of carboxylic acid groups (broad SMARTS) is 1. The third-order valence-corrected chi connectivity index (χ3v) is 18.5. The maximum absolute atomic E-state index is 15.2. The van der Waals surface area contributed by atoms with Crippen molar-refractivity contribution in [1.29, 1.82) is 0 Å². The van der Waals surface area contributed by atoms with Gasteiger partial charge in [0.15, 0.2) is 5.78 Å². The number of primary amides is 1. The van der Waals surface area contributed by atoms with Gasteiger partial charge in [-0.15, -0.1) is 0 Å². The summed E-state index contributed by atoms with van der Waals surface area (Å²) in [4.78, 5) is 197. The maximum Gasteiger partial charge on any atom is 0.304 e. The number of aromatic amines is 3. The van der Waals surface area contributed by atoms with Gasteiger partial charge in [-0.2, -0.15) is 0 Å². The molecule has 31 heteroatoms. The predicted molar refractivity (Wildman–Crippen MR) is 367 cm³/mol. The minimum absolute atomic E-state index is 0.00194. The van der Waals surface area contributed by atoms with E-state index in [0.29, 0.717) is 34.0 Å². The Balaban J connectivity index is 1.05. The molecule has 6 heterocycles. The number of hydrogen-bond acceptors (Lipinski definition) is 15. The summed E-state index contributed by atoms with van der Waals surface area (Å²) < 4.78 is 29.8. The van der Waals surface area contributed by atoms with E-state index in [9.17, 15) is 62.1 Å². The summed E-state index contributed by atoms with van der Waals surface area (Å²) in [5.41, 5.74) is 7.48. The second-order valence-corrected chi connectivity index (χ2v) is 26.3. The number of carboxylic acids is 1. The number of phenolic OH excluding ortho intramolecular Hbond substituents is 1. The minimum atomic E-state index is -1.83. The van der Waals surface area contributed by atoms with Gasteiger partial charge in [0.25, 0.3) is 0 Å². The first-order chi connectivity index (χ1) is 49.1. The number of nitrogens with two attached hydrogens (primary N) is 1. The molecule has 0 aliphatic carbocycles. The number of imidazole rings is 1. The first-order valence-electron chi connectivity index (χ1n) is 33.7. The van der Waals surface area contributed by atoms with E-state index < -0.39 is 175 Å². The Bertz CT molecular complexity index is 4330. The Kier molecular flexibility index (Phi) is 25.0. The average molecular weight is 1420 g/mol. The molecule has 1 fully saturated rings. The van der Waals surface area contributed by atoms with Crippen molar-refractivity contribution in [3.8, 4) is 5.75 Å². The molecule has 0 radical (unpaired) electrons. The van der Waals surface area contributed by atoms with Crippen LogP contribution in [0.2, 0.25) is 0 Å². The van der Waals surface area contributed by atoms with Gasteiger partial charge in [-0.1, -0.05) is 36.4 Å². The van der Waals surface area contributed by atoms with Crippen LogP contribution in [0.4, 0.5) is 8.78 Å². The van der Waals surface area contributed by atoms with Gasteiger partial charge in [0.05, 0.1) is 36.9 Å². The molecule has 7 aromatic rings. The summed E-state index contributed by atoms with van der Waals surface area (Å²) in [5, 5.41) is 41.8. The lowest BCUT2D eigenvalue weighted by Crippen LogP contribution is -2.63. The number of amides is 10. The van der Waals surface area contributed by atoms with Crippen molar-refractivity contribution >= 4 is 98.4 Å². The molecule has 2 bridgehead atoms. The molecule has 544 valence electrons. The number of nitrogens with one attached hydrogen (secondary N) is 11. The second kappa shape index (κ2) is 34.1. The van der Waals surface area contributed by atoms with Crippen LogP contribution in [0.1, 0.15) is 106 Å². The van der Waals surface area contributed by atoms with E-state index in [1.54, 1.807) is 24.3 Å². The molecule has 103 heavy (non-hydrogen) atoms. The molecular formula is C72H82F2N14O15. The molecule has 1 saturated heterocycles. The highest BCUT2D eigenvalue weighted by Crippen LogP contribution is 2.32. The largest absolute Gasteiger partial charge is 0.508 e. The molecule has 10 rings (SSSR count). The molecule has 3 aliphatic heterocycles. The fourth-order valence-corrected chi connectivity index (χ4v) is 12.8. The summed E-state index contributed by atoms with van der Waals surface area (Å²) in [6.07, 6.45) is 2.83. The van der Waals surface area contributed by atoms with Crippen molar-refractivity contribution in [2.45, 2.75) is 158 Å². The van der Waals surface area contributed by atoms with Crippen molar-refractivity contribution in [1.82, 2.24) is 67.4 Å². The number of aliphatic carboxylic acids is 1. The van der Waals surface area contributed by atoms with Crippen LogP contribution in [-0.4, -0.2) is 173 Å².